The average molecular weight is 314 g/mol. The van der Waals surface area contributed by atoms with Gasteiger partial charge in [0.25, 0.3) is 3.79 Å². The number of carbonyl (C=O) groups excluding carboxylic acids is 1. The number of ketones is 1. The SMILES string of the molecule is COc1cc(OC)c(C(=O)C(Cl)(Cl)Cl)c(OC)c1. The van der Waals surface area contributed by atoms with Crippen LogP contribution in [0.2, 0.25) is 0 Å². The Morgan fingerprint density at radius 1 is 1.00 bits per heavy atom. The first-order valence-electron chi connectivity index (χ1n) is 4.76. The highest BCUT2D eigenvalue weighted by molar-refractivity contribution is 6.77. The Balaban J connectivity index is 3.45. The highest BCUT2D eigenvalue weighted by atomic mass is 35.6. The van der Waals surface area contributed by atoms with Gasteiger partial charge in [-0.1, -0.05) is 34.8 Å². The van der Waals surface area contributed by atoms with Crippen LogP contribution < -0.4 is 14.2 Å². The number of halogens is 3. The molecule has 0 N–H and O–H groups in total. The van der Waals surface area contributed by atoms with Gasteiger partial charge in [-0.05, 0) is 0 Å². The zero-order chi connectivity index (χ0) is 13.9. The fraction of sp³-hybridized carbons (Fsp3) is 0.364. The summed E-state index contributed by atoms with van der Waals surface area (Å²) in [6.07, 6.45) is 0. The number of carbonyl (C=O) groups is 1. The number of Topliss-reactive ketones (excluding diaryl/α,β-unsaturated/α-hetero) is 1. The van der Waals surface area contributed by atoms with Crippen molar-refractivity contribution in [3.63, 3.8) is 0 Å². The van der Waals surface area contributed by atoms with Crippen LogP contribution in [0.1, 0.15) is 10.4 Å². The first kappa shape index (κ1) is 15.2. The topological polar surface area (TPSA) is 44.8 Å². The lowest BCUT2D eigenvalue weighted by molar-refractivity contribution is 0.0990. The maximum absolute atomic E-state index is 12.0. The number of hydrogen-bond donors (Lipinski definition) is 0. The van der Waals surface area contributed by atoms with Gasteiger partial charge in [0.2, 0.25) is 5.78 Å². The molecule has 1 aromatic rings. The van der Waals surface area contributed by atoms with Gasteiger partial charge < -0.3 is 14.2 Å². The highest BCUT2D eigenvalue weighted by Gasteiger charge is 2.36. The quantitative estimate of drug-likeness (QED) is 0.632. The summed E-state index contributed by atoms with van der Waals surface area (Å²) in [6.45, 7) is 0. The molecule has 0 saturated heterocycles. The Labute approximate surface area is 120 Å². The molecule has 1 aromatic carbocycles. The molecule has 0 aliphatic carbocycles. The molecule has 7 heteroatoms. The zero-order valence-electron chi connectivity index (χ0n) is 9.92. The summed E-state index contributed by atoms with van der Waals surface area (Å²) in [5.74, 6) is 0.151. The Morgan fingerprint density at radius 3 is 1.72 bits per heavy atom. The van der Waals surface area contributed by atoms with Gasteiger partial charge in [0, 0.05) is 12.1 Å². The monoisotopic (exact) mass is 312 g/mol. The minimum atomic E-state index is -2.09. The summed E-state index contributed by atoms with van der Waals surface area (Å²) in [7, 11) is 4.26. The Hall–Kier alpha value is -0.840. The maximum atomic E-state index is 12.0. The summed E-state index contributed by atoms with van der Waals surface area (Å²) < 4.78 is 13.1. The molecule has 1 rings (SSSR count). The van der Waals surface area contributed by atoms with Crippen LogP contribution in [0.25, 0.3) is 0 Å². The molecule has 0 heterocycles. The number of rotatable bonds is 4. The molecule has 0 aromatic heterocycles. The van der Waals surface area contributed by atoms with Gasteiger partial charge >= 0.3 is 0 Å². The third kappa shape index (κ3) is 3.13. The van der Waals surface area contributed by atoms with Crippen LogP contribution in [0.3, 0.4) is 0 Å². The maximum Gasteiger partial charge on any atom is 0.253 e. The molecule has 0 radical (unpaired) electrons. The summed E-state index contributed by atoms with van der Waals surface area (Å²) in [6, 6.07) is 3.01. The van der Waals surface area contributed by atoms with Gasteiger partial charge in [-0.2, -0.15) is 0 Å². The van der Waals surface area contributed by atoms with Gasteiger partial charge in [-0.25, -0.2) is 0 Å². The number of methoxy groups -OCH3 is 3. The molecular weight excluding hydrogens is 302 g/mol. The van der Waals surface area contributed by atoms with Crippen molar-refractivity contribution in [2.75, 3.05) is 21.3 Å². The van der Waals surface area contributed by atoms with Crippen LogP contribution in [-0.4, -0.2) is 30.9 Å². The van der Waals surface area contributed by atoms with Crippen molar-refractivity contribution in [3.8, 4) is 17.2 Å². The number of benzene rings is 1. The molecule has 0 bridgehead atoms. The molecule has 0 spiro atoms. The van der Waals surface area contributed by atoms with Crippen LogP contribution in [0.5, 0.6) is 17.2 Å². The second-order valence-corrected chi connectivity index (χ2v) is 5.52. The van der Waals surface area contributed by atoms with Crippen molar-refractivity contribution in [1.82, 2.24) is 0 Å². The fourth-order valence-electron chi connectivity index (χ4n) is 1.37. The largest absolute Gasteiger partial charge is 0.496 e. The van der Waals surface area contributed by atoms with Crippen molar-refractivity contribution in [2.45, 2.75) is 3.79 Å². The van der Waals surface area contributed by atoms with Crippen molar-refractivity contribution >= 4 is 40.6 Å². The molecule has 0 saturated carbocycles. The van der Waals surface area contributed by atoms with E-state index in [0.717, 1.165) is 0 Å². The van der Waals surface area contributed by atoms with Gasteiger partial charge in [0.1, 0.15) is 22.8 Å². The summed E-state index contributed by atoms with van der Waals surface area (Å²) in [5, 5.41) is 0. The molecule has 0 unspecified atom stereocenters. The number of alkyl halides is 3. The highest BCUT2D eigenvalue weighted by Crippen LogP contribution is 2.40. The van der Waals surface area contributed by atoms with E-state index in [-0.39, 0.29) is 17.1 Å². The van der Waals surface area contributed by atoms with E-state index in [2.05, 4.69) is 0 Å². The van der Waals surface area contributed by atoms with Gasteiger partial charge in [0.05, 0.1) is 21.3 Å². The van der Waals surface area contributed by atoms with Crippen LogP contribution in [0, 0.1) is 0 Å². The summed E-state index contributed by atoms with van der Waals surface area (Å²) in [5.41, 5.74) is 0.0563. The van der Waals surface area contributed by atoms with Gasteiger partial charge in [0.15, 0.2) is 0 Å². The lowest BCUT2D eigenvalue weighted by Gasteiger charge is -2.17. The molecular formula is C11H11Cl3O4. The minimum absolute atomic E-state index is 0.0563. The van der Waals surface area contributed by atoms with Crippen molar-refractivity contribution in [3.05, 3.63) is 17.7 Å². The molecule has 0 amide bonds. The normalized spacial score (nSPS) is 11.0. The summed E-state index contributed by atoms with van der Waals surface area (Å²) >= 11 is 16.8. The van der Waals surface area contributed by atoms with E-state index >= 15 is 0 Å². The van der Waals surface area contributed by atoms with E-state index in [1.807, 2.05) is 0 Å². The van der Waals surface area contributed by atoms with E-state index < -0.39 is 9.58 Å². The minimum Gasteiger partial charge on any atom is -0.496 e. The predicted molar refractivity (Wildman–Crippen MR) is 70.7 cm³/mol. The molecule has 18 heavy (non-hydrogen) atoms. The smallest absolute Gasteiger partial charge is 0.253 e. The average Bonchev–Trinajstić information content (AvgIpc) is 2.34. The fourth-order valence-corrected chi connectivity index (χ4v) is 1.65. The lowest BCUT2D eigenvalue weighted by Crippen LogP contribution is -2.20. The zero-order valence-corrected chi connectivity index (χ0v) is 12.2. The van der Waals surface area contributed by atoms with Gasteiger partial charge in [-0.15, -0.1) is 0 Å². The molecule has 0 fully saturated rings. The van der Waals surface area contributed by atoms with Crippen molar-refractivity contribution < 1.29 is 19.0 Å². The first-order chi connectivity index (χ1) is 8.35. The first-order valence-corrected chi connectivity index (χ1v) is 5.90. The Kier molecular flexibility index (Phi) is 4.96. The third-order valence-corrected chi connectivity index (χ3v) is 2.71. The molecule has 0 atom stereocenters. The molecule has 100 valence electrons. The van der Waals surface area contributed by atoms with Crippen LogP contribution >= 0.6 is 34.8 Å². The number of hydrogen-bond acceptors (Lipinski definition) is 4. The molecule has 0 aliphatic rings. The third-order valence-electron chi connectivity index (χ3n) is 2.20. The van der Waals surface area contributed by atoms with E-state index in [1.54, 1.807) is 0 Å². The van der Waals surface area contributed by atoms with E-state index in [1.165, 1.54) is 33.5 Å². The van der Waals surface area contributed by atoms with Crippen LogP contribution in [0.4, 0.5) is 0 Å². The Morgan fingerprint density at radius 2 is 1.44 bits per heavy atom. The van der Waals surface area contributed by atoms with E-state index in [9.17, 15) is 4.79 Å². The van der Waals surface area contributed by atoms with Crippen LogP contribution in [-0.2, 0) is 0 Å². The van der Waals surface area contributed by atoms with E-state index in [0.29, 0.717) is 5.75 Å². The molecule has 0 aliphatic heterocycles. The van der Waals surface area contributed by atoms with E-state index in [4.69, 9.17) is 49.0 Å². The van der Waals surface area contributed by atoms with Gasteiger partial charge in [-0.3, -0.25) is 4.79 Å². The predicted octanol–water partition coefficient (Wildman–Crippen LogP) is 3.27. The lowest BCUT2D eigenvalue weighted by atomic mass is 10.1. The molecule has 4 nitrogen and oxygen atoms in total. The summed E-state index contributed by atoms with van der Waals surface area (Å²) in [4.78, 5) is 12.0. The van der Waals surface area contributed by atoms with Crippen molar-refractivity contribution in [2.24, 2.45) is 0 Å². The second-order valence-electron chi connectivity index (χ2n) is 3.23. The van der Waals surface area contributed by atoms with Crippen LogP contribution in [0.15, 0.2) is 12.1 Å². The number of ether oxygens (including phenoxy) is 3. The Bertz CT molecular complexity index is 429. The second kappa shape index (κ2) is 5.87. The van der Waals surface area contributed by atoms with Crippen molar-refractivity contribution in [1.29, 1.82) is 0 Å². The standard InChI is InChI=1S/C11H11Cl3O4/c1-16-6-4-7(17-2)9(8(5-6)18-3)10(15)11(12,13)14/h4-5H,1-3H3.